The van der Waals surface area contributed by atoms with E-state index in [9.17, 15) is 9.59 Å². The Morgan fingerprint density at radius 2 is 1.93 bits per heavy atom. The maximum Gasteiger partial charge on any atom is 0.276 e. The number of benzene rings is 1. The van der Waals surface area contributed by atoms with Gasteiger partial charge in [-0.25, -0.2) is 4.98 Å². The number of pyridine rings is 1. The molecule has 0 atom stereocenters. The van der Waals surface area contributed by atoms with Gasteiger partial charge in [0.2, 0.25) is 5.91 Å². The minimum absolute atomic E-state index is 0.192. The summed E-state index contributed by atoms with van der Waals surface area (Å²) in [5, 5.41) is 3.00. The highest BCUT2D eigenvalue weighted by Gasteiger charge is 2.36. The molecule has 3 heterocycles. The van der Waals surface area contributed by atoms with Crippen LogP contribution in [0.3, 0.4) is 0 Å². The predicted octanol–water partition coefficient (Wildman–Crippen LogP) is 3.76. The van der Waals surface area contributed by atoms with Crippen LogP contribution in [0.4, 0.5) is 11.4 Å². The fraction of sp³-hybridized carbons (Fsp3) is 0.348. The SMILES string of the molecule is O=C(Nc1ccc2c(c1)N(C(=O)C1CC1)CC2)c1nc(C2CC2)n2ccccc12. The number of hydrogen-bond donors (Lipinski definition) is 1. The van der Waals surface area contributed by atoms with Gasteiger partial charge in [-0.1, -0.05) is 12.1 Å². The molecule has 1 aromatic carbocycles. The van der Waals surface area contributed by atoms with E-state index in [0.717, 1.165) is 55.7 Å². The molecule has 0 unspecified atom stereocenters. The highest BCUT2D eigenvalue weighted by Crippen LogP contribution is 2.40. The van der Waals surface area contributed by atoms with Gasteiger partial charge in [0, 0.05) is 36.0 Å². The van der Waals surface area contributed by atoms with E-state index in [-0.39, 0.29) is 17.7 Å². The van der Waals surface area contributed by atoms with Crippen LogP contribution < -0.4 is 10.2 Å². The molecule has 2 saturated carbocycles. The second-order valence-corrected chi connectivity index (χ2v) is 8.36. The lowest BCUT2D eigenvalue weighted by atomic mass is 10.1. The second kappa shape index (κ2) is 6.17. The van der Waals surface area contributed by atoms with Crippen LogP contribution in [0.2, 0.25) is 0 Å². The Balaban J connectivity index is 1.30. The molecule has 0 saturated heterocycles. The monoisotopic (exact) mass is 386 g/mol. The van der Waals surface area contributed by atoms with Gasteiger partial charge < -0.3 is 14.6 Å². The van der Waals surface area contributed by atoms with Gasteiger partial charge in [0.1, 0.15) is 5.82 Å². The molecule has 6 nitrogen and oxygen atoms in total. The normalized spacial score (nSPS) is 18.1. The highest BCUT2D eigenvalue weighted by atomic mass is 16.2. The number of amides is 2. The fourth-order valence-electron chi connectivity index (χ4n) is 4.29. The lowest BCUT2D eigenvalue weighted by Gasteiger charge is -2.18. The van der Waals surface area contributed by atoms with Crippen molar-refractivity contribution in [1.29, 1.82) is 0 Å². The summed E-state index contributed by atoms with van der Waals surface area (Å²) in [5.74, 6) is 1.63. The zero-order valence-electron chi connectivity index (χ0n) is 16.1. The van der Waals surface area contributed by atoms with E-state index < -0.39 is 0 Å². The molecule has 2 amide bonds. The van der Waals surface area contributed by atoms with Crippen LogP contribution in [-0.2, 0) is 11.2 Å². The molecule has 0 radical (unpaired) electrons. The van der Waals surface area contributed by atoms with Crippen LogP contribution >= 0.6 is 0 Å². The minimum Gasteiger partial charge on any atom is -0.321 e. The Labute approximate surface area is 168 Å². The Kier molecular flexibility index (Phi) is 3.57. The molecule has 6 rings (SSSR count). The van der Waals surface area contributed by atoms with E-state index in [1.165, 1.54) is 5.56 Å². The number of carbonyl (C=O) groups is 2. The third-order valence-corrected chi connectivity index (χ3v) is 6.16. The standard InChI is InChI=1S/C23H22N4O2/c28-22(20-18-3-1-2-11-26(18)21(25-20)15-4-5-15)24-17-9-8-14-10-12-27(19(14)13-17)23(29)16-6-7-16/h1-3,8-9,11,13,15-16H,4-7,10,12H2,(H,24,28). The molecule has 1 aliphatic heterocycles. The summed E-state index contributed by atoms with van der Waals surface area (Å²) in [5.41, 5.74) is 4.10. The van der Waals surface area contributed by atoms with Crippen LogP contribution in [0.1, 0.15) is 53.5 Å². The summed E-state index contributed by atoms with van der Waals surface area (Å²) in [6.45, 7) is 0.735. The number of carbonyl (C=O) groups excluding carboxylic acids is 2. The predicted molar refractivity (Wildman–Crippen MR) is 110 cm³/mol. The van der Waals surface area contributed by atoms with Crippen molar-refractivity contribution in [1.82, 2.24) is 9.38 Å². The van der Waals surface area contributed by atoms with Crippen molar-refractivity contribution in [3.8, 4) is 0 Å². The van der Waals surface area contributed by atoms with Crippen molar-refractivity contribution in [2.24, 2.45) is 5.92 Å². The van der Waals surface area contributed by atoms with Gasteiger partial charge in [-0.15, -0.1) is 0 Å². The molecule has 3 aliphatic rings. The lowest BCUT2D eigenvalue weighted by molar-refractivity contribution is -0.119. The maximum atomic E-state index is 13.1. The summed E-state index contributed by atoms with van der Waals surface area (Å²) >= 11 is 0. The molecule has 0 bridgehead atoms. The van der Waals surface area contributed by atoms with E-state index in [2.05, 4.69) is 10.3 Å². The van der Waals surface area contributed by atoms with Gasteiger partial charge in [-0.3, -0.25) is 9.59 Å². The van der Waals surface area contributed by atoms with Gasteiger partial charge in [-0.2, -0.15) is 0 Å². The van der Waals surface area contributed by atoms with Crippen LogP contribution in [0.25, 0.3) is 5.52 Å². The van der Waals surface area contributed by atoms with Crippen molar-refractivity contribution in [2.75, 3.05) is 16.8 Å². The molecule has 1 N–H and O–H groups in total. The van der Waals surface area contributed by atoms with E-state index >= 15 is 0 Å². The Hall–Kier alpha value is -3.15. The van der Waals surface area contributed by atoms with Crippen molar-refractivity contribution >= 4 is 28.7 Å². The topological polar surface area (TPSA) is 66.7 Å². The molecule has 3 aromatic rings. The van der Waals surface area contributed by atoms with Gasteiger partial charge in [0.25, 0.3) is 5.91 Å². The molecule has 29 heavy (non-hydrogen) atoms. The first kappa shape index (κ1) is 16.8. The number of hydrogen-bond acceptors (Lipinski definition) is 3. The Bertz CT molecular complexity index is 1160. The van der Waals surface area contributed by atoms with Crippen LogP contribution in [-0.4, -0.2) is 27.7 Å². The maximum absolute atomic E-state index is 13.1. The lowest BCUT2D eigenvalue weighted by Crippen LogP contribution is -2.30. The third-order valence-electron chi connectivity index (χ3n) is 6.16. The summed E-state index contributed by atoms with van der Waals surface area (Å²) in [4.78, 5) is 32.2. The first-order valence-corrected chi connectivity index (χ1v) is 10.4. The molecule has 0 spiro atoms. The van der Waals surface area contributed by atoms with E-state index in [1.54, 1.807) is 0 Å². The Morgan fingerprint density at radius 1 is 1.07 bits per heavy atom. The fourth-order valence-corrected chi connectivity index (χ4v) is 4.29. The van der Waals surface area contributed by atoms with Gasteiger partial charge in [0.15, 0.2) is 5.69 Å². The zero-order valence-corrected chi connectivity index (χ0v) is 16.1. The quantitative estimate of drug-likeness (QED) is 0.742. The van der Waals surface area contributed by atoms with E-state index in [1.807, 2.05) is 51.9 Å². The summed E-state index contributed by atoms with van der Waals surface area (Å²) in [6.07, 6.45) is 7.10. The summed E-state index contributed by atoms with van der Waals surface area (Å²) in [6, 6.07) is 11.7. The first-order chi connectivity index (χ1) is 14.2. The van der Waals surface area contributed by atoms with Crippen molar-refractivity contribution < 1.29 is 9.59 Å². The number of nitrogens with zero attached hydrogens (tertiary/aromatic N) is 3. The summed E-state index contributed by atoms with van der Waals surface area (Å²) in [7, 11) is 0. The van der Waals surface area contributed by atoms with Gasteiger partial charge in [-0.05, 0) is 61.9 Å². The smallest absolute Gasteiger partial charge is 0.276 e. The van der Waals surface area contributed by atoms with Crippen LogP contribution in [0, 0.1) is 5.92 Å². The molecule has 146 valence electrons. The molecule has 2 fully saturated rings. The zero-order chi connectivity index (χ0) is 19.5. The van der Waals surface area contributed by atoms with Crippen LogP contribution in [0.5, 0.6) is 0 Å². The second-order valence-electron chi connectivity index (χ2n) is 8.36. The average molecular weight is 386 g/mol. The van der Waals surface area contributed by atoms with Crippen molar-refractivity contribution in [2.45, 2.75) is 38.0 Å². The number of aromatic nitrogens is 2. The third kappa shape index (κ3) is 2.82. The minimum atomic E-state index is -0.210. The highest BCUT2D eigenvalue weighted by molar-refractivity contribution is 6.08. The van der Waals surface area contributed by atoms with Crippen molar-refractivity contribution in [3.05, 3.63) is 59.7 Å². The number of anilines is 2. The van der Waals surface area contributed by atoms with Gasteiger partial charge in [0.05, 0.1) is 5.52 Å². The molecule has 6 heteroatoms. The number of nitrogens with one attached hydrogen (secondary N) is 1. The van der Waals surface area contributed by atoms with Crippen LogP contribution in [0.15, 0.2) is 42.6 Å². The number of fused-ring (bicyclic) bond motifs is 2. The van der Waals surface area contributed by atoms with E-state index in [0.29, 0.717) is 17.3 Å². The average Bonchev–Trinajstić information content (AvgIpc) is 3.67. The van der Waals surface area contributed by atoms with Crippen molar-refractivity contribution in [3.63, 3.8) is 0 Å². The number of imidazole rings is 1. The first-order valence-electron chi connectivity index (χ1n) is 10.4. The molecule has 2 aromatic heterocycles. The Morgan fingerprint density at radius 3 is 2.72 bits per heavy atom. The van der Waals surface area contributed by atoms with E-state index in [4.69, 9.17) is 0 Å². The van der Waals surface area contributed by atoms with Gasteiger partial charge >= 0.3 is 0 Å². The molecule has 2 aliphatic carbocycles. The largest absolute Gasteiger partial charge is 0.321 e. The molecular weight excluding hydrogens is 364 g/mol. The molecular formula is C23H22N4O2. The number of rotatable bonds is 4. The summed E-state index contributed by atoms with van der Waals surface area (Å²) < 4.78 is 2.03.